The number of hydrogen-bond acceptors (Lipinski definition) is 15. The van der Waals surface area contributed by atoms with Crippen molar-refractivity contribution in [3.05, 3.63) is 36.5 Å². The van der Waals surface area contributed by atoms with Gasteiger partial charge in [-0.1, -0.05) is 147 Å². The van der Waals surface area contributed by atoms with Crippen LogP contribution in [0, 0.1) is 0 Å². The highest BCUT2D eigenvalue weighted by Gasteiger charge is 2.47. The second-order valence-electron chi connectivity index (χ2n) is 17.3. The Hall–Kier alpha value is -2.28. The van der Waals surface area contributed by atoms with Crippen molar-refractivity contribution in [2.45, 2.75) is 235 Å². The fraction of sp³-hybridized carbons (Fsp3) is 0.837. The van der Waals surface area contributed by atoms with Crippen molar-refractivity contribution in [3.8, 4) is 0 Å². The van der Waals surface area contributed by atoms with Crippen molar-refractivity contribution in [1.29, 1.82) is 0 Å². The summed E-state index contributed by atoms with van der Waals surface area (Å²) in [5.74, 6) is -0.943. The van der Waals surface area contributed by atoms with Crippen LogP contribution in [0.2, 0.25) is 0 Å². The molecule has 2 fully saturated rings. The maximum Gasteiger partial charge on any atom is 0.306 e. The number of aliphatic hydroxyl groups is 7. The molecule has 0 unspecified atom stereocenters. The minimum absolute atomic E-state index is 0.164. The summed E-state index contributed by atoms with van der Waals surface area (Å²) in [6, 6.07) is 0. The van der Waals surface area contributed by atoms with E-state index in [1.165, 1.54) is 57.8 Å². The first kappa shape index (κ1) is 57.8. The molecule has 2 heterocycles. The average molecular weight is 915 g/mol. The predicted molar refractivity (Wildman–Crippen MR) is 243 cm³/mol. The third kappa shape index (κ3) is 25.0. The van der Waals surface area contributed by atoms with Gasteiger partial charge in [0.15, 0.2) is 18.7 Å². The zero-order valence-corrected chi connectivity index (χ0v) is 39.0. The monoisotopic (exact) mass is 915 g/mol. The van der Waals surface area contributed by atoms with E-state index in [2.05, 4.69) is 50.3 Å². The molecular weight excluding hydrogens is 829 g/mol. The van der Waals surface area contributed by atoms with Crippen LogP contribution in [0.4, 0.5) is 0 Å². The third-order valence-electron chi connectivity index (χ3n) is 11.6. The normalized spacial score (nSPS) is 26.9. The van der Waals surface area contributed by atoms with Gasteiger partial charge >= 0.3 is 11.9 Å². The lowest BCUT2D eigenvalue weighted by Crippen LogP contribution is -2.61. The maximum absolute atomic E-state index is 13.0. The van der Waals surface area contributed by atoms with E-state index < -0.39 is 92.7 Å². The fourth-order valence-corrected chi connectivity index (χ4v) is 7.58. The molecule has 0 bridgehead atoms. The number of esters is 2. The molecule has 0 spiro atoms. The van der Waals surface area contributed by atoms with Crippen molar-refractivity contribution >= 4 is 11.9 Å². The number of rotatable bonds is 37. The van der Waals surface area contributed by atoms with Crippen LogP contribution in [0.5, 0.6) is 0 Å². The molecule has 15 heteroatoms. The number of allylic oxidation sites excluding steroid dienone is 6. The Kier molecular flexibility index (Phi) is 33.3. The first-order chi connectivity index (χ1) is 31.0. The molecule has 0 aromatic carbocycles. The molecule has 64 heavy (non-hydrogen) atoms. The lowest BCUT2D eigenvalue weighted by molar-refractivity contribution is -0.332. The number of aliphatic hydroxyl groups excluding tert-OH is 7. The van der Waals surface area contributed by atoms with Crippen LogP contribution >= 0.6 is 0 Å². The standard InChI is InChI=1S/C49H86O15/c1-3-5-7-9-11-13-15-17-18-20-21-23-25-27-29-31-40(51)59-34-37(62-41(52)32-30-28-26-24-22-19-16-14-12-10-8-6-4-2)35-60-48-47(58)45(56)43(54)39(64-48)36-61-49-46(57)44(55)42(53)38(33-50)63-49/h5,7,11,13,17-18,37-39,42-50,53-58H,3-4,6,8-10,12,14-16,19-36H2,1-2H3/b7-5-,13-11-,18-17-/t37-,38+,39-,42+,43-,44+,45+,46-,47-,48-,49+/m0/s1. The zero-order valence-electron chi connectivity index (χ0n) is 39.0. The minimum Gasteiger partial charge on any atom is -0.462 e. The largest absolute Gasteiger partial charge is 0.462 e. The van der Waals surface area contributed by atoms with E-state index in [1.54, 1.807) is 0 Å². The molecule has 0 aliphatic carbocycles. The second-order valence-corrected chi connectivity index (χ2v) is 17.3. The van der Waals surface area contributed by atoms with E-state index in [-0.39, 0.29) is 26.1 Å². The molecule has 0 aromatic rings. The van der Waals surface area contributed by atoms with Crippen LogP contribution in [-0.4, -0.2) is 142 Å². The molecule has 0 radical (unpaired) electrons. The van der Waals surface area contributed by atoms with Gasteiger partial charge in [0, 0.05) is 12.8 Å². The zero-order chi connectivity index (χ0) is 46.8. The Balaban J connectivity index is 1.83. The van der Waals surface area contributed by atoms with Crippen LogP contribution < -0.4 is 0 Å². The van der Waals surface area contributed by atoms with Gasteiger partial charge in [-0.25, -0.2) is 0 Å². The molecule has 7 N–H and O–H groups in total. The first-order valence-corrected chi connectivity index (χ1v) is 24.6. The smallest absolute Gasteiger partial charge is 0.306 e. The molecule has 2 aliphatic heterocycles. The number of carbonyl (C=O) groups is 2. The molecule has 0 amide bonds. The van der Waals surface area contributed by atoms with Gasteiger partial charge in [-0.2, -0.15) is 0 Å². The van der Waals surface area contributed by atoms with Gasteiger partial charge in [0.1, 0.15) is 55.4 Å². The molecule has 11 atom stereocenters. The number of unbranched alkanes of at least 4 members (excludes halogenated alkanes) is 17. The summed E-state index contributed by atoms with van der Waals surface area (Å²) in [6.45, 7) is 2.45. The van der Waals surface area contributed by atoms with Gasteiger partial charge in [0.2, 0.25) is 0 Å². The molecule has 0 aromatic heterocycles. The molecule has 2 saturated heterocycles. The Morgan fingerprint density at radius 1 is 0.516 bits per heavy atom. The predicted octanol–water partition coefficient (Wildman–Crippen LogP) is 6.15. The number of carbonyl (C=O) groups excluding carboxylic acids is 2. The van der Waals surface area contributed by atoms with E-state index in [4.69, 9.17) is 28.4 Å². The van der Waals surface area contributed by atoms with Crippen LogP contribution in [-0.2, 0) is 38.0 Å². The van der Waals surface area contributed by atoms with Crippen LogP contribution in [0.1, 0.15) is 168 Å². The molecule has 15 nitrogen and oxygen atoms in total. The van der Waals surface area contributed by atoms with E-state index in [1.807, 2.05) is 0 Å². The lowest BCUT2D eigenvalue weighted by atomic mass is 9.98. The minimum atomic E-state index is -1.77. The third-order valence-corrected chi connectivity index (χ3v) is 11.6. The van der Waals surface area contributed by atoms with Gasteiger partial charge in [-0.3, -0.25) is 9.59 Å². The summed E-state index contributed by atoms with van der Waals surface area (Å²) < 4.78 is 33.5. The fourth-order valence-electron chi connectivity index (χ4n) is 7.58. The Morgan fingerprint density at radius 2 is 0.984 bits per heavy atom. The SMILES string of the molecule is CC/C=C\C/C=C\C/C=C\CCCCCCCC(=O)OC[C@@H](CO[C@H]1O[C@@H](CO[C@@H]2O[C@H](CO)[C@@H](O)[C@@H](O)[C@@H]2O)[C@H](O)[C@@H](O)[C@@H]1O)OC(=O)CCCCCCCCCCCCCCC. The van der Waals surface area contributed by atoms with E-state index >= 15 is 0 Å². The first-order valence-electron chi connectivity index (χ1n) is 24.6. The number of ether oxygens (including phenoxy) is 6. The lowest BCUT2D eigenvalue weighted by Gasteiger charge is -2.42. The van der Waals surface area contributed by atoms with Gasteiger partial charge < -0.3 is 64.2 Å². The molecule has 0 saturated carbocycles. The summed E-state index contributed by atoms with van der Waals surface area (Å²) in [5.41, 5.74) is 0. The number of hydrogen-bond donors (Lipinski definition) is 7. The van der Waals surface area contributed by atoms with Crippen molar-refractivity contribution < 1.29 is 73.8 Å². The second kappa shape index (κ2) is 36.8. The maximum atomic E-state index is 13.0. The summed E-state index contributed by atoms with van der Waals surface area (Å²) in [4.78, 5) is 25.7. The Morgan fingerprint density at radius 3 is 1.55 bits per heavy atom. The Labute approximate surface area is 383 Å². The topological polar surface area (TPSA) is 231 Å². The van der Waals surface area contributed by atoms with Crippen molar-refractivity contribution in [3.63, 3.8) is 0 Å². The van der Waals surface area contributed by atoms with E-state index in [0.29, 0.717) is 12.8 Å². The molecular formula is C49H86O15. The highest BCUT2D eigenvalue weighted by atomic mass is 16.7. The van der Waals surface area contributed by atoms with Gasteiger partial charge in [-0.15, -0.1) is 0 Å². The average Bonchev–Trinajstić information content (AvgIpc) is 3.29. The molecule has 2 rings (SSSR count). The summed E-state index contributed by atoms with van der Waals surface area (Å²) in [7, 11) is 0. The summed E-state index contributed by atoms with van der Waals surface area (Å²) >= 11 is 0. The Bertz CT molecular complexity index is 1260. The quantitative estimate of drug-likeness (QED) is 0.0211. The highest BCUT2D eigenvalue weighted by Crippen LogP contribution is 2.26. The summed E-state index contributed by atoms with van der Waals surface area (Å²) in [6.07, 6.45) is 20.3. The summed E-state index contributed by atoms with van der Waals surface area (Å²) in [5, 5.41) is 72.0. The molecule has 2 aliphatic rings. The van der Waals surface area contributed by atoms with Crippen molar-refractivity contribution in [1.82, 2.24) is 0 Å². The molecule has 372 valence electrons. The highest BCUT2D eigenvalue weighted by molar-refractivity contribution is 5.70. The van der Waals surface area contributed by atoms with Crippen LogP contribution in [0.3, 0.4) is 0 Å². The van der Waals surface area contributed by atoms with Gasteiger partial charge in [-0.05, 0) is 44.9 Å². The van der Waals surface area contributed by atoms with E-state index in [0.717, 1.165) is 70.6 Å². The van der Waals surface area contributed by atoms with Crippen molar-refractivity contribution in [2.75, 3.05) is 26.4 Å². The van der Waals surface area contributed by atoms with Gasteiger partial charge in [0.25, 0.3) is 0 Å². The van der Waals surface area contributed by atoms with E-state index in [9.17, 15) is 45.3 Å². The van der Waals surface area contributed by atoms with Crippen LogP contribution in [0.25, 0.3) is 0 Å². The van der Waals surface area contributed by atoms with Crippen LogP contribution in [0.15, 0.2) is 36.5 Å². The van der Waals surface area contributed by atoms with Crippen molar-refractivity contribution in [2.24, 2.45) is 0 Å². The van der Waals surface area contributed by atoms with Gasteiger partial charge in [0.05, 0.1) is 19.8 Å².